The lowest BCUT2D eigenvalue weighted by Gasteiger charge is -2.04. The van der Waals surface area contributed by atoms with Crippen LogP contribution in [0.3, 0.4) is 0 Å². The van der Waals surface area contributed by atoms with E-state index in [2.05, 4.69) is 38.1 Å². The summed E-state index contributed by atoms with van der Waals surface area (Å²) in [5.74, 6) is 0.616. The van der Waals surface area contributed by atoms with Crippen LogP contribution in [0.5, 0.6) is 0 Å². The average molecular weight is 378 g/mol. The summed E-state index contributed by atoms with van der Waals surface area (Å²) in [5, 5.41) is 6.00. The van der Waals surface area contributed by atoms with Crippen LogP contribution in [-0.2, 0) is 11.8 Å². The molecule has 6 nitrogen and oxygen atoms in total. The normalized spacial score (nSPS) is 10.9. The first-order valence-electron chi connectivity index (χ1n) is 8.39. The molecule has 0 atom stereocenters. The van der Waals surface area contributed by atoms with Gasteiger partial charge in [-0.2, -0.15) is 0 Å². The number of hydrogen-bond acceptors (Lipinski definition) is 6. The Hall–Kier alpha value is -3.19. The minimum Gasteiger partial charge on any atom is -0.465 e. The van der Waals surface area contributed by atoms with E-state index >= 15 is 0 Å². The zero-order valence-electron chi connectivity index (χ0n) is 15.2. The van der Waals surface area contributed by atoms with E-state index in [1.807, 2.05) is 25.4 Å². The highest BCUT2D eigenvalue weighted by Gasteiger charge is 2.10. The predicted molar refractivity (Wildman–Crippen MR) is 108 cm³/mol. The topological polar surface area (TPSA) is 69.0 Å². The molecule has 2 aromatic heterocycles. The first-order chi connectivity index (χ1) is 13.0. The van der Waals surface area contributed by atoms with Crippen LogP contribution >= 0.6 is 11.3 Å². The van der Waals surface area contributed by atoms with Crippen molar-refractivity contribution in [2.75, 3.05) is 12.4 Å². The summed E-state index contributed by atoms with van der Waals surface area (Å²) in [5.41, 5.74) is 5.25. The van der Waals surface area contributed by atoms with E-state index in [9.17, 15) is 4.79 Å². The summed E-state index contributed by atoms with van der Waals surface area (Å²) >= 11 is 1.51. The average Bonchev–Trinajstić information content (AvgIpc) is 3.25. The van der Waals surface area contributed by atoms with Crippen molar-refractivity contribution < 1.29 is 9.53 Å². The molecule has 7 heteroatoms. The minimum atomic E-state index is -0.363. The molecule has 4 aromatic rings. The monoisotopic (exact) mass is 378 g/mol. The van der Waals surface area contributed by atoms with Gasteiger partial charge in [-0.25, -0.2) is 14.8 Å². The Morgan fingerprint density at radius 2 is 2.04 bits per heavy atom. The van der Waals surface area contributed by atoms with Crippen LogP contribution in [0, 0.1) is 6.92 Å². The van der Waals surface area contributed by atoms with Crippen LogP contribution in [0.15, 0.2) is 47.8 Å². The second-order valence-corrected chi connectivity index (χ2v) is 7.01. The fraction of sp³-hybridized carbons (Fsp3) is 0.150. The standard InChI is InChI=1S/C20H18N4O2S/c1-12-21-16-10-13(7-8-18(16)24(12)2)17-11-27-20(23-17)22-15-6-4-5-14(9-15)19(25)26-3/h4-11H,1-3H3,(H,22,23). The van der Waals surface area contributed by atoms with Crippen LogP contribution in [0.2, 0.25) is 0 Å². The molecule has 0 aliphatic heterocycles. The molecule has 0 saturated heterocycles. The Morgan fingerprint density at radius 1 is 1.19 bits per heavy atom. The number of aromatic nitrogens is 3. The summed E-state index contributed by atoms with van der Waals surface area (Å²) < 4.78 is 6.83. The van der Waals surface area contributed by atoms with Crippen molar-refractivity contribution in [2.24, 2.45) is 7.05 Å². The minimum absolute atomic E-state index is 0.363. The summed E-state index contributed by atoms with van der Waals surface area (Å²) in [4.78, 5) is 20.9. The lowest BCUT2D eigenvalue weighted by Crippen LogP contribution is -2.01. The van der Waals surface area contributed by atoms with Crippen molar-refractivity contribution >= 4 is 39.2 Å². The van der Waals surface area contributed by atoms with Crippen molar-refractivity contribution in [1.82, 2.24) is 14.5 Å². The number of methoxy groups -OCH3 is 1. The molecule has 0 aliphatic carbocycles. The smallest absolute Gasteiger partial charge is 0.337 e. The van der Waals surface area contributed by atoms with Gasteiger partial charge in [0.25, 0.3) is 0 Å². The fourth-order valence-corrected chi connectivity index (χ4v) is 3.65. The highest BCUT2D eigenvalue weighted by atomic mass is 32.1. The van der Waals surface area contributed by atoms with Gasteiger partial charge in [-0.05, 0) is 37.3 Å². The zero-order valence-corrected chi connectivity index (χ0v) is 16.0. The molecule has 2 aromatic carbocycles. The van der Waals surface area contributed by atoms with Gasteiger partial charge in [0.1, 0.15) is 5.82 Å². The second-order valence-electron chi connectivity index (χ2n) is 6.16. The van der Waals surface area contributed by atoms with Gasteiger partial charge in [0.15, 0.2) is 5.13 Å². The number of rotatable bonds is 4. The van der Waals surface area contributed by atoms with Gasteiger partial charge in [-0.3, -0.25) is 0 Å². The highest BCUT2D eigenvalue weighted by molar-refractivity contribution is 7.14. The van der Waals surface area contributed by atoms with E-state index in [1.54, 1.807) is 18.2 Å². The van der Waals surface area contributed by atoms with E-state index in [1.165, 1.54) is 18.4 Å². The van der Waals surface area contributed by atoms with E-state index < -0.39 is 0 Å². The van der Waals surface area contributed by atoms with E-state index in [4.69, 9.17) is 4.74 Å². The number of ether oxygens (including phenoxy) is 1. The largest absolute Gasteiger partial charge is 0.465 e. The predicted octanol–water partition coefficient (Wildman–Crippen LogP) is 4.54. The Kier molecular flexibility index (Phi) is 4.37. The number of aryl methyl sites for hydroxylation is 2. The molecule has 0 amide bonds. The molecule has 0 spiro atoms. The highest BCUT2D eigenvalue weighted by Crippen LogP contribution is 2.29. The SMILES string of the molecule is COC(=O)c1cccc(Nc2nc(-c3ccc4c(c3)nc(C)n4C)cs2)c1. The maximum absolute atomic E-state index is 11.7. The van der Waals surface area contributed by atoms with Crippen LogP contribution < -0.4 is 5.32 Å². The number of carbonyl (C=O) groups is 1. The number of esters is 1. The van der Waals surface area contributed by atoms with Crippen LogP contribution in [0.25, 0.3) is 22.3 Å². The molecule has 136 valence electrons. The van der Waals surface area contributed by atoms with Crippen LogP contribution in [0.1, 0.15) is 16.2 Å². The first-order valence-corrected chi connectivity index (χ1v) is 9.27. The number of anilines is 2. The summed E-state index contributed by atoms with van der Waals surface area (Å²) in [6.45, 7) is 1.99. The number of imidazole rings is 1. The summed E-state index contributed by atoms with van der Waals surface area (Å²) in [6, 6.07) is 13.3. The number of thiazole rings is 1. The van der Waals surface area contributed by atoms with Crippen molar-refractivity contribution in [3.05, 3.63) is 59.2 Å². The number of hydrogen-bond donors (Lipinski definition) is 1. The Morgan fingerprint density at radius 3 is 2.85 bits per heavy atom. The molecule has 0 saturated carbocycles. The van der Waals surface area contributed by atoms with Gasteiger partial charge in [-0.1, -0.05) is 12.1 Å². The van der Waals surface area contributed by atoms with Crippen molar-refractivity contribution in [2.45, 2.75) is 6.92 Å². The van der Waals surface area contributed by atoms with E-state index in [0.29, 0.717) is 5.56 Å². The molecular formula is C20H18N4O2S. The van der Waals surface area contributed by atoms with Crippen LogP contribution in [0.4, 0.5) is 10.8 Å². The first kappa shape index (κ1) is 17.2. The van der Waals surface area contributed by atoms with Crippen molar-refractivity contribution in [1.29, 1.82) is 0 Å². The molecule has 0 aliphatic rings. The molecule has 4 rings (SSSR count). The third-order valence-corrected chi connectivity index (χ3v) is 5.20. The maximum atomic E-state index is 11.7. The molecule has 0 bridgehead atoms. The van der Waals surface area contributed by atoms with Gasteiger partial charge in [0, 0.05) is 23.7 Å². The molecule has 27 heavy (non-hydrogen) atoms. The summed E-state index contributed by atoms with van der Waals surface area (Å²) in [7, 11) is 3.38. The molecule has 2 heterocycles. The molecule has 1 N–H and O–H groups in total. The number of benzene rings is 2. The Bertz CT molecular complexity index is 1150. The third-order valence-electron chi connectivity index (χ3n) is 4.44. The van der Waals surface area contributed by atoms with Crippen molar-refractivity contribution in [3.63, 3.8) is 0 Å². The van der Waals surface area contributed by atoms with Gasteiger partial charge >= 0.3 is 5.97 Å². The van der Waals surface area contributed by atoms with E-state index in [-0.39, 0.29) is 5.97 Å². The zero-order chi connectivity index (χ0) is 19.0. The number of fused-ring (bicyclic) bond motifs is 1. The molecule has 0 unspecified atom stereocenters. The van der Waals surface area contributed by atoms with Crippen molar-refractivity contribution in [3.8, 4) is 11.3 Å². The van der Waals surface area contributed by atoms with Gasteiger partial charge in [0.05, 0.1) is 29.4 Å². The van der Waals surface area contributed by atoms with Gasteiger partial charge < -0.3 is 14.6 Å². The third kappa shape index (κ3) is 3.29. The van der Waals surface area contributed by atoms with E-state index in [0.717, 1.165) is 38.9 Å². The van der Waals surface area contributed by atoms with Gasteiger partial charge in [0.2, 0.25) is 0 Å². The molecule has 0 radical (unpaired) electrons. The molecule has 0 fully saturated rings. The fourth-order valence-electron chi connectivity index (χ4n) is 2.91. The Labute approximate surface area is 160 Å². The number of carbonyl (C=O) groups excluding carboxylic acids is 1. The van der Waals surface area contributed by atoms with Crippen LogP contribution in [-0.4, -0.2) is 27.6 Å². The number of nitrogens with one attached hydrogen (secondary N) is 1. The molecular weight excluding hydrogens is 360 g/mol. The second kappa shape index (κ2) is 6.85. The quantitative estimate of drug-likeness (QED) is 0.528. The maximum Gasteiger partial charge on any atom is 0.337 e. The Balaban J connectivity index is 1.59. The lowest BCUT2D eigenvalue weighted by molar-refractivity contribution is 0.0601. The lowest BCUT2D eigenvalue weighted by atomic mass is 10.1. The summed E-state index contributed by atoms with van der Waals surface area (Å²) in [6.07, 6.45) is 0. The number of nitrogens with zero attached hydrogens (tertiary/aromatic N) is 3. The van der Waals surface area contributed by atoms with Gasteiger partial charge in [-0.15, -0.1) is 11.3 Å².